The van der Waals surface area contributed by atoms with Gasteiger partial charge in [0.1, 0.15) is 29.7 Å². The number of methoxy groups -OCH3 is 1. The summed E-state index contributed by atoms with van der Waals surface area (Å²) >= 11 is 0. The molecule has 0 bridgehead atoms. The molecule has 3 aromatic carbocycles. The van der Waals surface area contributed by atoms with Gasteiger partial charge in [-0.2, -0.15) is 0 Å². The van der Waals surface area contributed by atoms with Crippen molar-refractivity contribution < 1.29 is 18.7 Å². The fourth-order valence-corrected chi connectivity index (χ4v) is 4.74. The van der Waals surface area contributed by atoms with Gasteiger partial charge in [0.2, 0.25) is 0 Å². The normalized spacial score (nSPS) is 14.5. The summed E-state index contributed by atoms with van der Waals surface area (Å²) in [7, 11) is 1.59. The van der Waals surface area contributed by atoms with Crippen molar-refractivity contribution in [3.8, 4) is 22.6 Å². The minimum Gasteiger partial charge on any atom is -0.497 e. The summed E-state index contributed by atoms with van der Waals surface area (Å²) in [6.07, 6.45) is 3.02. The smallest absolute Gasteiger partial charge is 0.131 e. The highest BCUT2D eigenvalue weighted by Crippen LogP contribution is 2.45. The van der Waals surface area contributed by atoms with Crippen molar-refractivity contribution in [2.45, 2.75) is 64.9 Å². The highest BCUT2D eigenvalue weighted by molar-refractivity contribution is 5.76. The van der Waals surface area contributed by atoms with Gasteiger partial charge >= 0.3 is 0 Å². The molecule has 0 aromatic heterocycles. The van der Waals surface area contributed by atoms with Crippen LogP contribution in [0.15, 0.2) is 60.7 Å². The molecule has 0 unspecified atom stereocenters. The summed E-state index contributed by atoms with van der Waals surface area (Å²) in [4.78, 5) is 11.7. The molecular weight excluding hydrogens is 439 g/mol. The van der Waals surface area contributed by atoms with Gasteiger partial charge in [0.05, 0.1) is 7.11 Å². The van der Waals surface area contributed by atoms with Gasteiger partial charge in [0, 0.05) is 12.0 Å². The van der Waals surface area contributed by atoms with Gasteiger partial charge in [-0.3, -0.25) is 0 Å². The largest absolute Gasteiger partial charge is 0.497 e. The molecule has 0 spiro atoms. The molecule has 1 fully saturated rings. The predicted molar refractivity (Wildman–Crippen MR) is 139 cm³/mol. The van der Waals surface area contributed by atoms with Gasteiger partial charge in [-0.1, -0.05) is 45.0 Å². The van der Waals surface area contributed by atoms with Crippen LogP contribution in [0.5, 0.6) is 11.5 Å². The predicted octanol–water partition coefficient (Wildman–Crippen LogP) is 7.85. The lowest BCUT2D eigenvalue weighted by Crippen LogP contribution is -2.13. The average molecular weight is 475 g/mol. The van der Waals surface area contributed by atoms with Crippen LogP contribution in [-0.2, 0) is 16.8 Å². The summed E-state index contributed by atoms with van der Waals surface area (Å²) in [5.74, 6) is 2.30. The van der Waals surface area contributed by atoms with E-state index in [9.17, 15) is 9.18 Å². The number of hydrogen-bond donors (Lipinski definition) is 0. The van der Waals surface area contributed by atoms with Crippen molar-refractivity contribution >= 4 is 5.78 Å². The number of benzene rings is 3. The molecule has 0 amide bonds. The molecule has 0 aliphatic heterocycles. The molecule has 0 heterocycles. The number of ether oxygens (including phenoxy) is 2. The Morgan fingerprint density at radius 1 is 0.971 bits per heavy atom. The molecule has 0 N–H and O–H groups in total. The third-order valence-corrected chi connectivity index (χ3v) is 6.77. The summed E-state index contributed by atoms with van der Waals surface area (Å²) in [6.45, 7) is 8.43. The first-order chi connectivity index (χ1) is 16.7. The van der Waals surface area contributed by atoms with Crippen LogP contribution in [0.3, 0.4) is 0 Å². The molecule has 4 rings (SSSR count). The molecule has 3 aromatic rings. The van der Waals surface area contributed by atoms with E-state index in [-0.39, 0.29) is 17.0 Å². The Morgan fingerprint density at radius 2 is 1.66 bits per heavy atom. The fraction of sp³-hybridized carbons (Fsp3) is 0.387. The summed E-state index contributed by atoms with van der Waals surface area (Å²) in [5.41, 5.74) is 4.46. The van der Waals surface area contributed by atoms with E-state index in [1.807, 2.05) is 24.3 Å². The van der Waals surface area contributed by atoms with Crippen LogP contribution < -0.4 is 9.47 Å². The summed E-state index contributed by atoms with van der Waals surface area (Å²) in [6, 6.07) is 19.1. The van der Waals surface area contributed by atoms with Crippen LogP contribution in [0, 0.1) is 11.7 Å². The van der Waals surface area contributed by atoms with Gasteiger partial charge in [-0.05, 0) is 95.7 Å². The second-order valence-electron chi connectivity index (χ2n) is 10.7. The Hall–Kier alpha value is -3.14. The Bertz CT molecular complexity index is 1190. The van der Waals surface area contributed by atoms with E-state index in [4.69, 9.17) is 9.47 Å². The van der Waals surface area contributed by atoms with Crippen LogP contribution >= 0.6 is 0 Å². The van der Waals surface area contributed by atoms with E-state index >= 15 is 0 Å². The minimum atomic E-state index is -0.277. The van der Waals surface area contributed by atoms with Crippen LogP contribution in [0.4, 0.5) is 4.39 Å². The third-order valence-electron chi connectivity index (χ3n) is 6.77. The summed E-state index contributed by atoms with van der Waals surface area (Å²) in [5, 5.41) is 0. The van der Waals surface area contributed by atoms with E-state index in [2.05, 4.69) is 39.0 Å². The van der Waals surface area contributed by atoms with Crippen LogP contribution in [0.25, 0.3) is 11.1 Å². The Balaban J connectivity index is 1.55. The Morgan fingerprint density at radius 3 is 2.26 bits per heavy atom. The minimum absolute atomic E-state index is 0.155. The SMILES string of the molecule is COc1ccc(F)c(-c2cc(COc3ccc([C@@H](CC(C)=O)C4CC4)cc3)ccc2C(C)(C)C)c1. The van der Waals surface area contributed by atoms with Gasteiger partial charge < -0.3 is 14.3 Å². The van der Waals surface area contributed by atoms with Gasteiger partial charge in [0.25, 0.3) is 0 Å². The molecule has 1 saturated carbocycles. The van der Waals surface area contributed by atoms with E-state index in [1.54, 1.807) is 26.2 Å². The first-order valence-corrected chi connectivity index (χ1v) is 12.3. The topological polar surface area (TPSA) is 35.5 Å². The number of Topliss-reactive ketones (excluding diaryl/α,β-unsaturated/α-hetero) is 1. The standard InChI is InChI=1S/C31H35FO3/c1-20(33)16-26(22-7-8-22)23-9-11-24(12-10-23)35-19-21-6-14-29(31(2,3)4)27(17-21)28-18-25(34-5)13-15-30(28)32/h6,9-15,17-18,22,26H,7-8,16,19H2,1-5H3/t26-/m0/s1. The molecule has 35 heavy (non-hydrogen) atoms. The quantitative estimate of drug-likeness (QED) is 0.317. The lowest BCUT2D eigenvalue weighted by molar-refractivity contribution is -0.117. The van der Waals surface area contributed by atoms with Crippen molar-refractivity contribution in [2.75, 3.05) is 7.11 Å². The van der Waals surface area contributed by atoms with E-state index in [1.165, 1.54) is 24.5 Å². The van der Waals surface area contributed by atoms with E-state index in [0.29, 0.717) is 36.2 Å². The van der Waals surface area contributed by atoms with E-state index < -0.39 is 0 Å². The van der Waals surface area contributed by atoms with Crippen LogP contribution in [0.2, 0.25) is 0 Å². The van der Waals surface area contributed by atoms with Crippen LogP contribution in [-0.4, -0.2) is 12.9 Å². The maximum absolute atomic E-state index is 14.9. The van der Waals surface area contributed by atoms with Gasteiger partial charge in [-0.15, -0.1) is 0 Å². The lowest BCUT2D eigenvalue weighted by atomic mass is 9.81. The highest BCUT2D eigenvalue weighted by Gasteiger charge is 2.32. The van der Waals surface area contributed by atoms with Crippen molar-refractivity contribution in [3.05, 3.63) is 83.2 Å². The molecule has 1 atom stereocenters. The first kappa shape index (κ1) is 25.0. The third kappa shape index (κ3) is 6.11. The molecule has 1 aliphatic rings. The molecule has 4 heteroatoms. The van der Waals surface area contributed by atoms with Crippen molar-refractivity contribution in [1.82, 2.24) is 0 Å². The molecule has 3 nitrogen and oxygen atoms in total. The fourth-order valence-electron chi connectivity index (χ4n) is 4.74. The molecule has 184 valence electrons. The van der Waals surface area contributed by atoms with E-state index in [0.717, 1.165) is 22.4 Å². The monoisotopic (exact) mass is 474 g/mol. The molecule has 0 radical (unpaired) electrons. The summed E-state index contributed by atoms with van der Waals surface area (Å²) < 4.78 is 26.3. The lowest BCUT2D eigenvalue weighted by Gasteiger charge is -2.24. The van der Waals surface area contributed by atoms with Crippen molar-refractivity contribution in [2.24, 2.45) is 5.92 Å². The van der Waals surface area contributed by atoms with Gasteiger partial charge in [-0.25, -0.2) is 4.39 Å². The maximum Gasteiger partial charge on any atom is 0.131 e. The number of hydrogen-bond acceptors (Lipinski definition) is 3. The van der Waals surface area contributed by atoms with Crippen molar-refractivity contribution in [1.29, 1.82) is 0 Å². The second kappa shape index (κ2) is 10.2. The second-order valence-corrected chi connectivity index (χ2v) is 10.7. The molecule has 0 saturated heterocycles. The zero-order valence-corrected chi connectivity index (χ0v) is 21.4. The number of ketones is 1. The Labute approximate surface area is 208 Å². The Kier molecular flexibility index (Phi) is 7.30. The number of carbonyl (C=O) groups is 1. The maximum atomic E-state index is 14.9. The average Bonchev–Trinajstić information content (AvgIpc) is 3.66. The van der Waals surface area contributed by atoms with Crippen LogP contribution in [0.1, 0.15) is 69.6 Å². The zero-order chi connectivity index (χ0) is 25.2. The number of carbonyl (C=O) groups excluding carboxylic acids is 1. The van der Waals surface area contributed by atoms with Crippen molar-refractivity contribution in [3.63, 3.8) is 0 Å². The highest BCUT2D eigenvalue weighted by atomic mass is 19.1. The first-order valence-electron chi connectivity index (χ1n) is 12.3. The van der Waals surface area contributed by atoms with Gasteiger partial charge in [0.15, 0.2) is 0 Å². The number of halogens is 1. The molecule has 1 aliphatic carbocycles. The number of rotatable bonds is 9. The molecular formula is C31H35FO3. The zero-order valence-electron chi connectivity index (χ0n) is 21.4.